The van der Waals surface area contributed by atoms with Crippen LogP contribution in [0.15, 0.2) is 46.6 Å². The van der Waals surface area contributed by atoms with Crippen LogP contribution >= 0.6 is 0 Å². The van der Waals surface area contributed by atoms with E-state index in [4.69, 9.17) is 9.47 Å². The van der Waals surface area contributed by atoms with Crippen molar-refractivity contribution in [2.45, 2.75) is 38.8 Å². The average molecular weight is 378 g/mol. The molecule has 0 N–H and O–H groups in total. The van der Waals surface area contributed by atoms with Crippen LogP contribution in [0.2, 0.25) is 0 Å². The van der Waals surface area contributed by atoms with Crippen LogP contribution in [0.3, 0.4) is 0 Å². The molecule has 0 saturated heterocycles. The highest BCUT2D eigenvalue weighted by atomic mass is 16.5. The Morgan fingerprint density at radius 2 is 1.25 bits per heavy atom. The highest BCUT2D eigenvalue weighted by Gasteiger charge is 2.29. The number of pyridine rings is 2. The number of rotatable bonds is 4. The van der Waals surface area contributed by atoms with Gasteiger partial charge in [0.05, 0.1) is 11.1 Å². The van der Waals surface area contributed by atoms with Crippen LogP contribution in [0.1, 0.15) is 55.0 Å². The lowest BCUT2D eigenvalue weighted by atomic mass is 10.1. The van der Waals surface area contributed by atoms with Gasteiger partial charge in [0.1, 0.15) is 24.6 Å². The molecule has 0 radical (unpaired) electrons. The van der Waals surface area contributed by atoms with Gasteiger partial charge in [-0.2, -0.15) is 0 Å². The minimum absolute atomic E-state index is 0.269. The topological polar surface area (TPSA) is 86.0 Å². The van der Waals surface area contributed by atoms with E-state index in [0.29, 0.717) is 25.0 Å². The third-order valence-electron chi connectivity index (χ3n) is 4.41. The molecule has 0 fully saturated rings. The van der Waals surface area contributed by atoms with E-state index in [1.807, 2.05) is 27.7 Å². The van der Waals surface area contributed by atoms with E-state index in [1.165, 1.54) is 0 Å². The molecule has 2 aliphatic heterocycles. The lowest BCUT2D eigenvalue weighted by Gasteiger charge is -2.07. The highest BCUT2D eigenvalue weighted by molar-refractivity contribution is 6.09. The summed E-state index contributed by atoms with van der Waals surface area (Å²) in [7, 11) is 0. The van der Waals surface area contributed by atoms with Gasteiger partial charge >= 0.3 is 0 Å². The van der Waals surface area contributed by atoms with Crippen LogP contribution < -0.4 is 0 Å². The van der Waals surface area contributed by atoms with E-state index in [1.54, 1.807) is 36.7 Å². The molecule has 0 aliphatic carbocycles. The summed E-state index contributed by atoms with van der Waals surface area (Å²) < 4.78 is 11.3. The summed E-state index contributed by atoms with van der Waals surface area (Å²) in [5.41, 5.74) is 1.49. The van der Waals surface area contributed by atoms with Crippen molar-refractivity contribution in [3.8, 4) is 0 Å². The number of nitrogens with zero attached hydrogens (tertiary/aromatic N) is 4. The number of ketones is 1. The molecule has 7 heteroatoms. The molecule has 4 heterocycles. The molecule has 144 valence electrons. The van der Waals surface area contributed by atoms with Crippen molar-refractivity contribution in [3.05, 3.63) is 59.2 Å². The Hall–Kier alpha value is -3.09. The molecule has 0 saturated carbocycles. The second kappa shape index (κ2) is 6.51. The maximum Gasteiger partial charge on any atom is 0.229 e. The first-order valence-electron chi connectivity index (χ1n) is 9.15. The second-order valence-electron chi connectivity index (χ2n) is 8.22. The second-order valence-corrected chi connectivity index (χ2v) is 8.22. The summed E-state index contributed by atoms with van der Waals surface area (Å²) in [5.74, 6) is 0.776. The van der Waals surface area contributed by atoms with E-state index in [-0.39, 0.29) is 28.2 Å². The van der Waals surface area contributed by atoms with Gasteiger partial charge in [0.15, 0.2) is 0 Å². The number of carbonyl (C=O) groups excluding carboxylic acids is 1. The minimum atomic E-state index is -0.278. The highest BCUT2D eigenvalue weighted by Crippen LogP contribution is 2.22. The van der Waals surface area contributed by atoms with Gasteiger partial charge < -0.3 is 9.47 Å². The molecule has 0 bridgehead atoms. The minimum Gasteiger partial charge on any atom is -0.475 e. The summed E-state index contributed by atoms with van der Waals surface area (Å²) in [4.78, 5) is 30.5. The van der Waals surface area contributed by atoms with Crippen molar-refractivity contribution < 1.29 is 14.3 Å². The smallest absolute Gasteiger partial charge is 0.229 e. The molecule has 2 aromatic rings. The van der Waals surface area contributed by atoms with Gasteiger partial charge in [-0.05, 0) is 52.0 Å². The SMILES string of the molecule is CC1(C)COC(c2ccnc(C(=O)c3cc(C4=NC(C)(C)CO4)ccn3)c2)=N1. The summed E-state index contributed by atoms with van der Waals surface area (Å²) in [6, 6.07) is 6.93. The van der Waals surface area contributed by atoms with E-state index >= 15 is 0 Å². The normalized spacial score (nSPS) is 19.4. The van der Waals surface area contributed by atoms with Crippen molar-refractivity contribution in [1.29, 1.82) is 0 Å². The number of aromatic nitrogens is 2. The lowest BCUT2D eigenvalue weighted by molar-refractivity contribution is 0.102. The molecule has 2 aromatic heterocycles. The zero-order valence-corrected chi connectivity index (χ0v) is 16.4. The zero-order valence-electron chi connectivity index (χ0n) is 16.4. The third-order valence-corrected chi connectivity index (χ3v) is 4.41. The Balaban J connectivity index is 1.62. The number of carbonyl (C=O) groups is 1. The monoisotopic (exact) mass is 378 g/mol. The number of aliphatic imine (C=N–C) groups is 2. The fraction of sp³-hybridized carbons (Fsp3) is 0.381. The van der Waals surface area contributed by atoms with Gasteiger partial charge in [-0.15, -0.1) is 0 Å². The predicted molar refractivity (Wildman–Crippen MR) is 105 cm³/mol. The average Bonchev–Trinajstić information content (AvgIpc) is 3.22. The van der Waals surface area contributed by atoms with Gasteiger partial charge in [-0.25, -0.2) is 9.98 Å². The molecule has 0 unspecified atom stereocenters. The van der Waals surface area contributed by atoms with Gasteiger partial charge in [-0.3, -0.25) is 14.8 Å². The van der Waals surface area contributed by atoms with Crippen LogP contribution in [-0.2, 0) is 9.47 Å². The van der Waals surface area contributed by atoms with Gasteiger partial charge in [0.2, 0.25) is 17.6 Å². The standard InChI is InChI=1S/C21H22N4O3/c1-20(2)11-27-18(24-20)13-5-7-22-15(9-13)17(26)16-10-14(6-8-23-16)19-25-21(3,4)12-28-19/h5-10H,11-12H2,1-4H3. The Labute approximate surface area is 163 Å². The molecule has 0 spiro atoms. The molecular weight excluding hydrogens is 356 g/mol. The Morgan fingerprint density at radius 1 is 0.821 bits per heavy atom. The van der Waals surface area contributed by atoms with Crippen LogP contribution in [0.4, 0.5) is 0 Å². The van der Waals surface area contributed by atoms with Crippen LogP contribution in [0.5, 0.6) is 0 Å². The van der Waals surface area contributed by atoms with Crippen LogP contribution in [0, 0.1) is 0 Å². The fourth-order valence-electron chi connectivity index (χ4n) is 2.97. The molecule has 28 heavy (non-hydrogen) atoms. The first-order valence-corrected chi connectivity index (χ1v) is 9.15. The lowest BCUT2D eigenvalue weighted by Crippen LogP contribution is -2.17. The van der Waals surface area contributed by atoms with Crippen LogP contribution in [-0.4, -0.2) is 51.8 Å². The maximum atomic E-state index is 12.9. The first-order chi connectivity index (χ1) is 13.2. The molecule has 2 aliphatic rings. The quantitative estimate of drug-likeness (QED) is 0.764. The molecule has 0 aromatic carbocycles. The summed E-state index contributed by atoms with van der Waals surface area (Å²) in [6.45, 7) is 9.01. The van der Waals surface area contributed by atoms with Crippen LogP contribution in [0.25, 0.3) is 0 Å². The Bertz CT molecular complexity index is 929. The molecule has 0 atom stereocenters. The number of hydrogen-bond acceptors (Lipinski definition) is 7. The van der Waals surface area contributed by atoms with E-state index in [2.05, 4.69) is 20.0 Å². The summed E-state index contributed by atoms with van der Waals surface area (Å²) in [5, 5.41) is 0. The van der Waals surface area contributed by atoms with E-state index in [9.17, 15) is 4.79 Å². The number of hydrogen-bond donors (Lipinski definition) is 0. The number of ether oxygens (including phenoxy) is 2. The Kier molecular flexibility index (Phi) is 4.25. The first kappa shape index (κ1) is 18.3. The van der Waals surface area contributed by atoms with Crippen molar-refractivity contribution in [3.63, 3.8) is 0 Å². The predicted octanol–water partition coefficient (Wildman–Crippen LogP) is 2.82. The summed E-state index contributed by atoms with van der Waals surface area (Å²) >= 11 is 0. The summed E-state index contributed by atoms with van der Waals surface area (Å²) in [6.07, 6.45) is 3.16. The zero-order chi connectivity index (χ0) is 19.9. The van der Waals surface area contributed by atoms with Crippen molar-refractivity contribution in [1.82, 2.24) is 9.97 Å². The van der Waals surface area contributed by atoms with E-state index < -0.39 is 0 Å². The molecule has 7 nitrogen and oxygen atoms in total. The molecule has 0 amide bonds. The molecular formula is C21H22N4O3. The maximum absolute atomic E-state index is 12.9. The van der Waals surface area contributed by atoms with E-state index in [0.717, 1.165) is 11.1 Å². The Morgan fingerprint density at radius 3 is 1.61 bits per heavy atom. The van der Waals surface area contributed by atoms with Crippen molar-refractivity contribution in [2.75, 3.05) is 13.2 Å². The molecule has 4 rings (SSSR count). The van der Waals surface area contributed by atoms with Gasteiger partial charge in [0, 0.05) is 23.5 Å². The van der Waals surface area contributed by atoms with Crippen molar-refractivity contribution >= 4 is 17.6 Å². The van der Waals surface area contributed by atoms with Gasteiger partial charge in [-0.1, -0.05) is 0 Å². The van der Waals surface area contributed by atoms with Crippen molar-refractivity contribution in [2.24, 2.45) is 9.98 Å². The van der Waals surface area contributed by atoms with Gasteiger partial charge in [0.25, 0.3) is 0 Å². The largest absolute Gasteiger partial charge is 0.475 e. The fourth-order valence-corrected chi connectivity index (χ4v) is 2.97. The third kappa shape index (κ3) is 3.65.